The van der Waals surface area contributed by atoms with Crippen LogP contribution in [0.1, 0.15) is 11.1 Å². The highest BCUT2D eigenvalue weighted by Crippen LogP contribution is 2.32. The highest BCUT2D eigenvalue weighted by molar-refractivity contribution is 7.21. The van der Waals surface area contributed by atoms with Gasteiger partial charge >= 0.3 is 0 Å². The van der Waals surface area contributed by atoms with Gasteiger partial charge in [-0.15, -0.1) is 11.3 Å². The van der Waals surface area contributed by atoms with Gasteiger partial charge in [0.15, 0.2) is 0 Å². The van der Waals surface area contributed by atoms with Crippen molar-refractivity contribution in [3.05, 3.63) is 77.9 Å². The molecule has 3 nitrogen and oxygen atoms in total. The second kappa shape index (κ2) is 6.42. The Labute approximate surface area is 149 Å². The van der Waals surface area contributed by atoms with Gasteiger partial charge in [-0.25, -0.2) is 4.98 Å². The molecule has 0 fully saturated rings. The molecule has 25 heavy (non-hydrogen) atoms. The second-order valence-corrected chi connectivity index (χ2v) is 6.82. The smallest absolute Gasteiger partial charge is 0.124 e. The lowest BCUT2D eigenvalue weighted by Crippen LogP contribution is -1.82. The van der Waals surface area contributed by atoms with Gasteiger partial charge in [0.1, 0.15) is 10.8 Å². The number of rotatable bonds is 3. The van der Waals surface area contributed by atoms with E-state index in [9.17, 15) is 5.11 Å². The minimum atomic E-state index is 0.243. The summed E-state index contributed by atoms with van der Waals surface area (Å²) >= 11 is 1.62. The molecule has 0 aliphatic rings. The lowest BCUT2D eigenvalue weighted by Gasteiger charge is -1.98. The Kier molecular flexibility index (Phi) is 3.96. The first-order valence-corrected chi connectivity index (χ1v) is 8.73. The van der Waals surface area contributed by atoms with E-state index >= 15 is 0 Å². The predicted octanol–water partition coefficient (Wildman–Crippen LogP) is 5.42. The number of aromatic nitrogens is 1. The zero-order valence-corrected chi connectivity index (χ0v) is 14.2. The Bertz CT molecular complexity index is 1050. The van der Waals surface area contributed by atoms with Crippen molar-refractivity contribution >= 4 is 39.4 Å². The summed E-state index contributed by atoms with van der Waals surface area (Å²) in [5.74, 6) is 0.243. The number of hydrogen-bond donors (Lipinski definition) is 2. The van der Waals surface area contributed by atoms with E-state index in [0.717, 1.165) is 37.6 Å². The standard InChI is InChI=1S/C21H16N2OS/c22-17-9-5-15(6-10-17)2-1-14-3-7-16(8-4-14)21-23-19-13-18(24)11-12-20(19)25-21/h1-13,24H,22H2/b2-1+. The van der Waals surface area contributed by atoms with E-state index in [0.29, 0.717) is 0 Å². The van der Waals surface area contributed by atoms with Crippen molar-refractivity contribution in [3.8, 4) is 16.3 Å². The van der Waals surface area contributed by atoms with Gasteiger partial charge in [-0.1, -0.05) is 48.6 Å². The van der Waals surface area contributed by atoms with Crippen LogP contribution in [0, 0.1) is 0 Å². The third-order valence-electron chi connectivity index (χ3n) is 3.93. The summed E-state index contributed by atoms with van der Waals surface area (Å²) in [7, 11) is 0. The number of thiazole rings is 1. The molecular weight excluding hydrogens is 328 g/mol. The Morgan fingerprint density at radius 2 is 1.48 bits per heavy atom. The Hall–Kier alpha value is -3.11. The van der Waals surface area contributed by atoms with E-state index in [1.54, 1.807) is 23.5 Å². The van der Waals surface area contributed by atoms with E-state index in [-0.39, 0.29) is 5.75 Å². The second-order valence-electron chi connectivity index (χ2n) is 5.79. The van der Waals surface area contributed by atoms with Gasteiger partial charge in [-0.2, -0.15) is 0 Å². The molecule has 0 aliphatic carbocycles. The van der Waals surface area contributed by atoms with Crippen LogP contribution in [-0.4, -0.2) is 10.1 Å². The van der Waals surface area contributed by atoms with Gasteiger partial charge in [-0.3, -0.25) is 0 Å². The number of benzene rings is 3. The molecule has 3 aromatic carbocycles. The van der Waals surface area contributed by atoms with Crippen LogP contribution in [0.5, 0.6) is 5.75 Å². The van der Waals surface area contributed by atoms with Crippen LogP contribution in [0.4, 0.5) is 5.69 Å². The highest BCUT2D eigenvalue weighted by Gasteiger charge is 2.06. The summed E-state index contributed by atoms with van der Waals surface area (Å²) in [6.07, 6.45) is 4.14. The Morgan fingerprint density at radius 3 is 2.16 bits per heavy atom. The largest absolute Gasteiger partial charge is 0.508 e. The van der Waals surface area contributed by atoms with Crippen LogP contribution in [0.2, 0.25) is 0 Å². The fourth-order valence-electron chi connectivity index (χ4n) is 2.58. The van der Waals surface area contributed by atoms with Crippen molar-refractivity contribution in [2.24, 2.45) is 0 Å². The molecule has 0 atom stereocenters. The number of phenolic OH excluding ortho intramolecular Hbond substituents is 1. The summed E-state index contributed by atoms with van der Waals surface area (Å²) in [6, 6.07) is 21.4. The molecule has 3 N–H and O–H groups in total. The maximum atomic E-state index is 9.56. The van der Waals surface area contributed by atoms with Crippen LogP contribution in [0.3, 0.4) is 0 Å². The average molecular weight is 344 g/mol. The molecule has 1 heterocycles. The van der Waals surface area contributed by atoms with Crippen molar-refractivity contribution in [1.29, 1.82) is 0 Å². The third kappa shape index (κ3) is 3.39. The highest BCUT2D eigenvalue weighted by atomic mass is 32.1. The van der Waals surface area contributed by atoms with Gasteiger partial charge in [0, 0.05) is 17.3 Å². The van der Waals surface area contributed by atoms with Gasteiger partial charge in [0.05, 0.1) is 10.2 Å². The van der Waals surface area contributed by atoms with Crippen molar-refractivity contribution in [3.63, 3.8) is 0 Å². The zero-order valence-electron chi connectivity index (χ0n) is 13.4. The van der Waals surface area contributed by atoms with Gasteiger partial charge in [-0.05, 0) is 35.4 Å². The van der Waals surface area contributed by atoms with Crippen molar-refractivity contribution < 1.29 is 5.11 Å². The van der Waals surface area contributed by atoms with Crippen LogP contribution in [0.15, 0.2) is 66.7 Å². The molecule has 4 rings (SSSR count). The van der Waals surface area contributed by atoms with Gasteiger partial charge in [0.25, 0.3) is 0 Å². The maximum Gasteiger partial charge on any atom is 0.124 e. The Balaban J connectivity index is 1.57. The quantitative estimate of drug-likeness (QED) is 0.385. The zero-order chi connectivity index (χ0) is 17.2. The van der Waals surface area contributed by atoms with Crippen molar-refractivity contribution in [1.82, 2.24) is 4.98 Å². The normalized spacial score (nSPS) is 11.4. The number of fused-ring (bicyclic) bond motifs is 1. The summed E-state index contributed by atoms with van der Waals surface area (Å²) in [6.45, 7) is 0. The number of nitrogen functional groups attached to an aromatic ring is 1. The SMILES string of the molecule is Nc1ccc(/C=C/c2ccc(-c3nc4cc(O)ccc4s3)cc2)cc1. The summed E-state index contributed by atoms with van der Waals surface area (Å²) < 4.78 is 1.07. The summed E-state index contributed by atoms with van der Waals surface area (Å²) in [5.41, 5.74) is 10.6. The van der Waals surface area contributed by atoms with Crippen LogP contribution >= 0.6 is 11.3 Å². The van der Waals surface area contributed by atoms with Gasteiger partial charge < -0.3 is 10.8 Å². The summed E-state index contributed by atoms with van der Waals surface area (Å²) in [4.78, 5) is 4.60. The third-order valence-corrected chi connectivity index (χ3v) is 5.02. The molecule has 0 saturated heterocycles. The van der Waals surface area contributed by atoms with Crippen LogP contribution < -0.4 is 5.73 Å². The minimum Gasteiger partial charge on any atom is -0.508 e. The molecule has 0 aliphatic heterocycles. The lowest BCUT2D eigenvalue weighted by atomic mass is 10.1. The number of nitrogens with two attached hydrogens (primary N) is 1. The number of phenols is 1. The fraction of sp³-hybridized carbons (Fsp3) is 0. The van der Waals surface area contributed by atoms with E-state index in [4.69, 9.17) is 5.73 Å². The first kappa shape index (κ1) is 15.4. The fourth-order valence-corrected chi connectivity index (χ4v) is 3.53. The molecule has 4 heteroatoms. The first-order valence-electron chi connectivity index (χ1n) is 7.91. The number of nitrogens with zero attached hydrogens (tertiary/aromatic N) is 1. The molecule has 1 aromatic heterocycles. The molecule has 122 valence electrons. The molecule has 0 bridgehead atoms. The molecular formula is C21H16N2OS. The number of aromatic hydroxyl groups is 1. The predicted molar refractivity (Wildman–Crippen MR) is 107 cm³/mol. The average Bonchev–Trinajstić information content (AvgIpc) is 3.05. The van der Waals surface area contributed by atoms with Crippen LogP contribution in [0.25, 0.3) is 32.9 Å². The molecule has 0 spiro atoms. The topological polar surface area (TPSA) is 59.1 Å². The van der Waals surface area contributed by atoms with Crippen molar-refractivity contribution in [2.45, 2.75) is 0 Å². The van der Waals surface area contributed by atoms with E-state index in [1.807, 2.05) is 30.3 Å². The lowest BCUT2D eigenvalue weighted by molar-refractivity contribution is 0.476. The molecule has 0 saturated carbocycles. The minimum absolute atomic E-state index is 0.243. The number of hydrogen-bond acceptors (Lipinski definition) is 4. The van der Waals surface area contributed by atoms with Crippen molar-refractivity contribution in [2.75, 3.05) is 5.73 Å². The maximum absolute atomic E-state index is 9.56. The van der Waals surface area contributed by atoms with E-state index < -0.39 is 0 Å². The van der Waals surface area contributed by atoms with E-state index in [2.05, 4.69) is 41.4 Å². The Morgan fingerprint density at radius 1 is 0.840 bits per heavy atom. The molecule has 4 aromatic rings. The molecule has 0 radical (unpaired) electrons. The van der Waals surface area contributed by atoms with Crippen LogP contribution in [-0.2, 0) is 0 Å². The van der Waals surface area contributed by atoms with E-state index in [1.165, 1.54) is 0 Å². The summed E-state index contributed by atoms with van der Waals surface area (Å²) in [5, 5.41) is 10.5. The monoisotopic (exact) mass is 344 g/mol. The van der Waals surface area contributed by atoms with Gasteiger partial charge in [0.2, 0.25) is 0 Å². The first-order chi connectivity index (χ1) is 12.2. The number of anilines is 1. The molecule has 0 amide bonds. The molecule has 0 unspecified atom stereocenters.